The Morgan fingerprint density at radius 1 is 1.09 bits per heavy atom. The van der Waals surface area contributed by atoms with Gasteiger partial charge in [-0.2, -0.15) is 0 Å². The summed E-state index contributed by atoms with van der Waals surface area (Å²) in [6, 6.07) is 8.91. The molecule has 2 N–H and O–H groups in total. The third kappa shape index (κ3) is 2.40. The van der Waals surface area contributed by atoms with Crippen molar-refractivity contribution >= 4 is 27.9 Å². The van der Waals surface area contributed by atoms with Crippen LogP contribution >= 0.6 is 0 Å². The summed E-state index contributed by atoms with van der Waals surface area (Å²) < 4.78 is 10.9. The van der Waals surface area contributed by atoms with Gasteiger partial charge < -0.3 is 19.4 Å². The van der Waals surface area contributed by atoms with Gasteiger partial charge in [0.2, 0.25) is 5.43 Å². The molecule has 0 radical (unpaired) electrons. The first kappa shape index (κ1) is 14.1. The fourth-order valence-electron chi connectivity index (χ4n) is 2.22. The molecule has 0 bridgehead atoms. The van der Waals surface area contributed by atoms with E-state index in [1.165, 1.54) is 24.3 Å². The zero-order chi connectivity index (χ0) is 15.7. The maximum absolute atomic E-state index is 12.5. The first-order chi connectivity index (χ1) is 10.6. The second kappa shape index (κ2) is 5.50. The van der Waals surface area contributed by atoms with Crippen molar-refractivity contribution in [1.29, 1.82) is 0 Å². The number of aromatic carboxylic acids is 1. The van der Waals surface area contributed by atoms with Crippen LogP contribution in [0.5, 0.6) is 5.75 Å². The van der Waals surface area contributed by atoms with Crippen LogP contribution in [-0.4, -0.2) is 29.4 Å². The summed E-state index contributed by atoms with van der Waals surface area (Å²) >= 11 is 0. The van der Waals surface area contributed by atoms with Crippen LogP contribution in [0.4, 0.5) is 0 Å². The number of fused-ring (bicyclic) bond motifs is 2. The minimum absolute atomic E-state index is 0.0202. The van der Waals surface area contributed by atoms with Gasteiger partial charge in [0.15, 0.2) is 0 Å². The average molecular weight is 300 g/mol. The van der Waals surface area contributed by atoms with Crippen LogP contribution in [0.3, 0.4) is 0 Å². The van der Waals surface area contributed by atoms with E-state index in [4.69, 9.17) is 19.4 Å². The Labute approximate surface area is 124 Å². The first-order valence-electron chi connectivity index (χ1n) is 6.58. The predicted molar refractivity (Wildman–Crippen MR) is 79.5 cm³/mol. The fourth-order valence-corrected chi connectivity index (χ4v) is 2.22. The Morgan fingerprint density at radius 2 is 1.77 bits per heavy atom. The van der Waals surface area contributed by atoms with Crippen molar-refractivity contribution in [2.45, 2.75) is 0 Å². The summed E-state index contributed by atoms with van der Waals surface area (Å²) in [5.74, 6) is -0.677. The largest absolute Gasteiger partial charge is 0.491 e. The van der Waals surface area contributed by atoms with Crippen LogP contribution in [0.2, 0.25) is 0 Å². The Hall–Kier alpha value is -2.86. The SMILES string of the molecule is O=C(O)c1ccc2oc3ccc(OCCO)cc3c(=O)c2c1. The van der Waals surface area contributed by atoms with Gasteiger partial charge in [0, 0.05) is 0 Å². The highest BCUT2D eigenvalue weighted by molar-refractivity contribution is 5.96. The van der Waals surface area contributed by atoms with Crippen LogP contribution in [0.15, 0.2) is 45.6 Å². The zero-order valence-corrected chi connectivity index (χ0v) is 11.4. The maximum Gasteiger partial charge on any atom is 0.335 e. The smallest absolute Gasteiger partial charge is 0.335 e. The van der Waals surface area contributed by atoms with Gasteiger partial charge in [0.25, 0.3) is 0 Å². The molecule has 0 saturated carbocycles. The summed E-state index contributed by atoms with van der Waals surface area (Å²) in [7, 11) is 0. The third-order valence-corrected chi connectivity index (χ3v) is 3.25. The third-order valence-electron chi connectivity index (χ3n) is 3.25. The second-order valence-electron chi connectivity index (χ2n) is 4.68. The molecule has 3 aromatic rings. The van der Waals surface area contributed by atoms with Crippen LogP contribution in [0.1, 0.15) is 10.4 Å². The standard InChI is InChI=1S/C16H12O6/c17-5-6-21-10-2-4-14-12(8-10)15(18)11-7-9(16(19)20)1-3-13(11)22-14/h1-4,7-8,17H,5-6H2,(H,19,20). The van der Waals surface area contributed by atoms with E-state index in [0.29, 0.717) is 22.3 Å². The highest BCUT2D eigenvalue weighted by atomic mass is 16.5. The molecule has 0 amide bonds. The molecule has 0 saturated heterocycles. The number of benzene rings is 2. The van der Waals surface area contributed by atoms with Gasteiger partial charge in [-0.15, -0.1) is 0 Å². The summed E-state index contributed by atoms with van der Waals surface area (Å²) in [6.45, 7) is -0.0140. The molecule has 2 aromatic carbocycles. The number of ether oxygens (including phenoxy) is 1. The molecule has 0 atom stereocenters. The summed E-state index contributed by atoms with van der Waals surface area (Å²) in [4.78, 5) is 23.5. The Morgan fingerprint density at radius 3 is 2.45 bits per heavy atom. The van der Waals surface area contributed by atoms with E-state index in [-0.39, 0.29) is 29.6 Å². The molecule has 0 aliphatic rings. The van der Waals surface area contributed by atoms with E-state index in [1.54, 1.807) is 12.1 Å². The molecule has 0 aliphatic carbocycles. The number of hydrogen-bond donors (Lipinski definition) is 2. The normalized spacial score (nSPS) is 11.0. The Kier molecular flexibility index (Phi) is 3.52. The van der Waals surface area contributed by atoms with Gasteiger partial charge in [-0.1, -0.05) is 0 Å². The Bertz CT molecular complexity index is 925. The molecule has 0 fully saturated rings. The lowest BCUT2D eigenvalue weighted by atomic mass is 10.1. The van der Waals surface area contributed by atoms with Gasteiger partial charge in [0.1, 0.15) is 23.5 Å². The number of carboxylic acids is 1. The highest BCUT2D eigenvalue weighted by Crippen LogP contribution is 2.23. The predicted octanol–water partition coefficient (Wildman–Crippen LogP) is 2.02. The minimum Gasteiger partial charge on any atom is -0.491 e. The van der Waals surface area contributed by atoms with Crippen LogP contribution < -0.4 is 10.2 Å². The zero-order valence-electron chi connectivity index (χ0n) is 11.4. The van der Waals surface area contributed by atoms with E-state index in [1.807, 2.05) is 0 Å². The van der Waals surface area contributed by atoms with E-state index in [9.17, 15) is 9.59 Å². The van der Waals surface area contributed by atoms with Crippen molar-refractivity contribution in [3.05, 3.63) is 52.2 Å². The van der Waals surface area contributed by atoms with Crippen molar-refractivity contribution in [2.75, 3.05) is 13.2 Å². The molecule has 22 heavy (non-hydrogen) atoms. The summed E-state index contributed by atoms with van der Waals surface area (Å²) in [5, 5.41) is 18.3. The van der Waals surface area contributed by atoms with Crippen LogP contribution in [0.25, 0.3) is 21.9 Å². The lowest BCUT2D eigenvalue weighted by Crippen LogP contribution is -2.06. The highest BCUT2D eigenvalue weighted by Gasteiger charge is 2.11. The molecule has 112 valence electrons. The molecule has 6 nitrogen and oxygen atoms in total. The van der Waals surface area contributed by atoms with Crippen molar-refractivity contribution in [2.24, 2.45) is 0 Å². The van der Waals surface area contributed by atoms with E-state index >= 15 is 0 Å². The van der Waals surface area contributed by atoms with Crippen LogP contribution in [-0.2, 0) is 0 Å². The topological polar surface area (TPSA) is 97.0 Å². The molecule has 0 aliphatic heterocycles. The van der Waals surface area contributed by atoms with Crippen molar-refractivity contribution < 1.29 is 24.2 Å². The number of carbonyl (C=O) groups is 1. The van der Waals surface area contributed by atoms with Gasteiger partial charge in [0.05, 0.1) is 22.9 Å². The van der Waals surface area contributed by atoms with Crippen molar-refractivity contribution in [3.63, 3.8) is 0 Å². The molecule has 1 heterocycles. The number of aliphatic hydroxyl groups excluding tert-OH is 1. The lowest BCUT2D eigenvalue weighted by Gasteiger charge is -2.06. The van der Waals surface area contributed by atoms with E-state index < -0.39 is 5.97 Å². The number of aliphatic hydroxyl groups is 1. The number of hydrogen-bond acceptors (Lipinski definition) is 5. The monoisotopic (exact) mass is 300 g/mol. The maximum atomic E-state index is 12.5. The van der Waals surface area contributed by atoms with Gasteiger partial charge in [-0.3, -0.25) is 4.79 Å². The number of carboxylic acid groups (broad SMARTS) is 1. The van der Waals surface area contributed by atoms with E-state index in [0.717, 1.165) is 0 Å². The van der Waals surface area contributed by atoms with Gasteiger partial charge >= 0.3 is 5.97 Å². The second-order valence-corrected chi connectivity index (χ2v) is 4.68. The first-order valence-corrected chi connectivity index (χ1v) is 6.58. The molecule has 0 unspecified atom stereocenters. The van der Waals surface area contributed by atoms with Crippen molar-refractivity contribution in [3.8, 4) is 5.75 Å². The fraction of sp³-hybridized carbons (Fsp3) is 0.125. The molecule has 3 rings (SSSR count). The minimum atomic E-state index is -1.11. The molecule has 6 heteroatoms. The van der Waals surface area contributed by atoms with Crippen molar-refractivity contribution in [1.82, 2.24) is 0 Å². The molecule has 1 aromatic heterocycles. The Balaban J connectivity index is 2.24. The average Bonchev–Trinajstić information content (AvgIpc) is 2.53. The molecular formula is C16H12O6. The van der Waals surface area contributed by atoms with Gasteiger partial charge in [-0.25, -0.2) is 4.79 Å². The lowest BCUT2D eigenvalue weighted by molar-refractivity contribution is 0.0697. The van der Waals surface area contributed by atoms with E-state index in [2.05, 4.69) is 0 Å². The summed E-state index contributed by atoms with van der Waals surface area (Å²) in [6.07, 6.45) is 0. The molecule has 0 spiro atoms. The molecular weight excluding hydrogens is 288 g/mol. The van der Waals surface area contributed by atoms with Crippen LogP contribution in [0, 0.1) is 0 Å². The summed E-state index contributed by atoms with van der Waals surface area (Å²) in [5.41, 5.74) is 0.407. The van der Waals surface area contributed by atoms with Gasteiger partial charge in [-0.05, 0) is 36.4 Å². The quantitative estimate of drug-likeness (QED) is 0.715. The number of rotatable bonds is 4.